The third kappa shape index (κ3) is 4.76. The lowest BCUT2D eigenvalue weighted by Crippen LogP contribution is -2.34. The van der Waals surface area contributed by atoms with Crippen molar-refractivity contribution in [3.8, 4) is 0 Å². The lowest BCUT2D eigenvalue weighted by atomic mass is 10.1. The Kier molecular flexibility index (Phi) is 5.94. The summed E-state index contributed by atoms with van der Waals surface area (Å²) in [4.78, 5) is 28.7. The van der Waals surface area contributed by atoms with Gasteiger partial charge < -0.3 is 4.55 Å². The molecule has 3 rings (SSSR count). The van der Waals surface area contributed by atoms with Crippen LogP contribution in [0.3, 0.4) is 0 Å². The zero-order valence-corrected chi connectivity index (χ0v) is 16.0. The molecule has 9 heteroatoms. The fourth-order valence-electron chi connectivity index (χ4n) is 2.60. The van der Waals surface area contributed by atoms with Gasteiger partial charge in [-0.3, -0.25) is 19.6 Å². The summed E-state index contributed by atoms with van der Waals surface area (Å²) in [6.45, 7) is 1.93. The number of nitrogens with one attached hydrogen (secondary N) is 2. The van der Waals surface area contributed by atoms with Gasteiger partial charge in [-0.15, -0.1) is 0 Å². The minimum absolute atomic E-state index is 0.0809. The van der Waals surface area contributed by atoms with Gasteiger partial charge in [0.2, 0.25) is 0 Å². The molecule has 140 valence electrons. The smallest absolute Gasteiger partial charge is 0.327 e. The second kappa shape index (κ2) is 8.38. The Morgan fingerprint density at radius 1 is 1.22 bits per heavy atom. The summed E-state index contributed by atoms with van der Waals surface area (Å²) >= 11 is -0.971. The molecule has 0 bridgehead atoms. The van der Waals surface area contributed by atoms with Crippen molar-refractivity contribution in [2.45, 2.75) is 19.1 Å². The average molecular weight is 402 g/mol. The zero-order chi connectivity index (χ0) is 19.4. The predicted octanol–water partition coefficient (Wildman–Crippen LogP) is 3.20. The van der Waals surface area contributed by atoms with E-state index in [1.165, 1.54) is 11.3 Å². The molecule has 1 unspecified atom stereocenters. The third-order valence-electron chi connectivity index (χ3n) is 3.83. The van der Waals surface area contributed by atoms with Crippen LogP contribution in [-0.4, -0.2) is 25.7 Å². The van der Waals surface area contributed by atoms with Crippen LogP contribution in [0.5, 0.6) is 0 Å². The molecule has 0 saturated heterocycles. The minimum Gasteiger partial charge on any atom is -0.772 e. The molecular formula is C18H16N3O4S2-. The fourth-order valence-corrected chi connectivity index (χ4v) is 3.97. The highest BCUT2D eigenvalue weighted by molar-refractivity contribution is 7.78. The van der Waals surface area contributed by atoms with Crippen molar-refractivity contribution in [1.82, 2.24) is 10.3 Å². The van der Waals surface area contributed by atoms with Gasteiger partial charge in [-0.2, -0.15) is 0 Å². The number of rotatable bonds is 5. The number of hydrogen-bond donors (Lipinski definition) is 2. The van der Waals surface area contributed by atoms with Crippen LogP contribution < -0.4 is 10.6 Å². The van der Waals surface area contributed by atoms with E-state index in [1.807, 2.05) is 19.1 Å². The summed E-state index contributed by atoms with van der Waals surface area (Å²) < 4.78 is 22.4. The number of aryl methyl sites for hydroxylation is 1. The maximum Gasteiger partial charge on any atom is 0.327 e. The topological polar surface area (TPSA) is 111 Å². The molecule has 27 heavy (non-hydrogen) atoms. The number of carbonyl (C=O) groups excluding carboxylic acids is 2. The Morgan fingerprint density at radius 2 is 2.00 bits per heavy atom. The predicted molar refractivity (Wildman–Crippen MR) is 105 cm³/mol. The summed E-state index contributed by atoms with van der Waals surface area (Å²) in [6.07, 6.45) is 0.680. The van der Waals surface area contributed by atoms with Crippen LogP contribution in [0, 0.1) is 0 Å². The van der Waals surface area contributed by atoms with Crippen LogP contribution in [0.15, 0.2) is 42.5 Å². The van der Waals surface area contributed by atoms with Crippen molar-refractivity contribution >= 4 is 49.7 Å². The molecule has 1 aromatic heterocycles. The summed E-state index contributed by atoms with van der Waals surface area (Å²) in [7, 11) is 0. The molecule has 3 amide bonds. The number of nitrogens with zero attached hydrogens (tertiary/aromatic N) is 1. The number of hydrogen-bond acceptors (Lipinski definition) is 6. The van der Waals surface area contributed by atoms with E-state index in [0.717, 1.165) is 10.3 Å². The Labute approximate surface area is 162 Å². The Morgan fingerprint density at radius 3 is 2.74 bits per heavy atom. The van der Waals surface area contributed by atoms with Crippen LogP contribution in [0.1, 0.15) is 28.4 Å². The second-order valence-corrected chi connectivity index (χ2v) is 7.61. The van der Waals surface area contributed by atoms with Crippen molar-refractivity contribution in [1.29, 1.82) is 0 Å². The van der Waals surface area contributed by atoms with Crippen molar-refractivity contribution in [3.63, 3.8) is 0 Å². The van der Waals surface area contributed by atoms with Gasteiger partial charge in [-0.05, 0) is 35.7 Å². The van der Waals surface area contributed by atoms with Crippen LogP contribution in [0.2, 0.25) is 0 Å². The van der Waals surface area contributed by atoms with Crippen molar-refractivity contribution in [2.75, 3.05) is 5.32 Å². The maximum atomic E-state index is 12.3. The molecular weight excluding hydrogens is 386 g/mol. The zero-order valence-electron chi connectivity index (χ0n) is 14.4. The Bertz CT molecular complexity index is 1030. The number of urea groups is 1. The number of imide groups is 1. The van der Waals surface area contributed by atoms with Gasteiger partial charge in [-0.25, -0.2) is 9.78 Å². The standard InChI is InChI=1S/C18H17N3O4S2/c1-2-12-5-3-4-6-13(12)16(22)20-17(23)21-18-19-14-8-7-11(10-27(24)25)9-15(14)26-18/h3-9H,2,10H2,1H3,(H,24,25)(H2,19,20,21,22,23)/p-1. The quantitative estimate of drug-likeness (QED) is 0.637. The van der Waals surface area contributed by atoms with Crippen LogP contribution in [0.4, 0.5) is 9.93 Å². The summed E-state index contributed by atoms with van der Waals surface area (Å²) in [5, 5.41) is 5.16. The fraction of sp³-hybridized carbons (Fsp3) is 0.167. The molecule has 0 aliphatic rings. The number of carbonyl (C=O) groups is 2. The number of fused-ring (bicyclic) bond motifs is 1. The highest BCUT2D eigenvalue weighted by atomic mass is 32.2. The largest absolute Gasteiger partial charge is 0.772 e. The van der Waals surface area contributed by atoms with Crippen LogP contribution in [-0.2, 0) is 23.3 Å². The van der Waals surface area contributed by atoms with E-state index < -0.39 is 23.0 Å². The SMILES string of the molecule is CCc1ccccc1C(=O)NC(=O)Nc1nc2ccc(CS(=O)[O-])cc2s1. The monoisotopic (exact) mass is 402 g/mol. The normalized spacial score (nSPS) is 11.9. The van der Waals surface area contributed by atoms with Crippen LogP contribution >= 0.6 is 11.3 Å². The lowest BCUT2D eigenvalue weighted by Gasteiger charge is -2.07. The molecule has 0 aliphatic carbocycles. The summed E-state index contributed by atoms with van der Waals surface area (Å²) in [5.74, 6) is -0.561. The van der Waals surface area contributed by atoms with Gasteiger partial charge in [-0.1, -0.05) is 53.6 Å². The van der Waals surface area contributed by atoms with Crippen molar-refractivity contribution in [2.24, 2.45) is 0 Å². The van der Waals surface area contributed by atoms with Gasteiger partial charge >= 0.3 is 6.03 Å². The molecule has 3 aromatic rings. The molecule has 7 nitrogen and oxygen atoms in total. The van der Waals surface area contributed by atoms with Crippen molar-refractivity contribution in [3.05, 3.63) is 59.2 Å². The first-order chi connectivity index (χ1) is 13.0. The van der Waals surface area contributed by atoms with Crippen molar-refractivity contribution < 1.29 is 18.4 Å². The maximum absolute atomic E-state index is 12.3. The van der Waals surface area contributed by atoms with Gasteiger partial charge in [0.1, 0.15) is 0 Å². The Hall–Kier alpha value is -2.62. The van der Waals surface area contributed by atoms with E-state index >= 15 is 0 Å². The first-order valence-electron chi connectivity index (χ1n) is 8.12. The molecule has 2 N–H and O–H groups in total. The molecule has 0 saturated carbocycles. The average Bonchev–Trinajstić information content (AvgIpc) is 3.02. The Balaban J connectivity index is 1.70. The van der Waals surface area contributed by atoms with Gasteiger partial charge in [0, 0.05) is 11.3 Å². The highest BCUT2D eigenvalue weighted by Crippen LogP contribution is 2.27. The van der Waals surface area contributed by atoms with E-state index in [-0.39, 0.29) is 5.75 Å². The number of benzene rings is 2. The van der Waals surface area contributed by atoms with E-state index in [9.17, 15) is 18.4 Å². The first kappa shape index (κ1) is 19.2. The van der Waals surface area contributed by atoms with E-state index in [4.69, 9.17) is 0 Å². The minimum atomic E-state index is -2.17. The van der Waals surface area contributed by atoms with Crippen LogP contribution in [0.25, 0.3) is 10.2 Å². The number of thiazole rings is 1. The van der Waals surface area contributed by atoms with Gasteiger partial charge in [0.15, 0.2) is 5.13 Å². The third-order valence-corrected chi connectivity index (χ3v) is 5.33. The number of anilines is 1. The van der Waals surface area contributed by atoms with E-state index in [0.29, 0.717) is 28.2 Å². The van der Waals surface area contributed by atoms with E-state index in [2.05, 4.69) is 15.6 Å². The van der Waals surface area contributed by atoms with Gasteiger partial charge in [0.05, 0.1) is 10.2 Å². The molecule has 0 radical (unpaired) electrons. The molecule has 0 fully saturated rings. The molecule has 0 aliphatic heterocycles. The number of amides is 3. The van der Waals surface area contributed by atoms with E-state index in [1.54, 1.807) is 30.3 Å². The molecule has 2 aromatic carbocycles. The summed E-state index contributed by atoms with van der Waals surface area (Å²) in [5.41, 5.74) is 2.58. The second-order valence-electron chi connectivity index (χ2n) is 5.69. The highest BCUT2D eigenvalue weighted by Gasteiger charge is 2.14. The molecule has 1 heterocycles. The van der Waals surface area contributed by atoms with Gasteiger partial charge in [0.25, 0.3) is 5.91 Å². The molecule has 0 spiro atoms. The molecule has 1 atom stereocenters. The lowest BCUT2D eigenvalue weighted by molar-refractivity contribution is 0.0966. The summed E-state index contributed by atoms with van der Waals surface area (Å²) in [6, 6.07) is 11.5. The first-order valence-corrected chi connectivity index (χ1v) is 10.2. The number of aromatic nitrogens is 1.